The molecule has 0 saturated carbocycles. The number of ketones is 1. The number of anilines is 2. The maximum absolute atomic E-state index is 12.5. The normalized spacial score (nSPS) is 10.3. The third-order valence-corrected chi connectivity index (χ3v) is 3.99. The minimum atomic E-state index is -0.217. The van der Waals surface area contributed by atoms with Crippen molar-refractivity contribution in [2.75, 3.05) is 17.7 Å². The Morgan fingerprint density at radius 3 is 2.13 bits per heavy atom. The van der Waals surface area contributed by atoms with E-state index in [1.54, 1.807) is 24.3 Å². The molecule has 0 fully saturated rings. The molecule has 0 unspecified atom stereocenters. The van der Waals surface area contributed by atoms with Crippen molar-refractivity contribution in [3.05, 3.63) is 58.1 Å². The second kappa shape index (κ2) is 6.65. The first kappa shape index (κ1) is 16.7. The molecule has 0 aliphatic carbocycles. The predicted molar refractivity (Wildman–Crippen MR) is 94.6 cm³/mol. The van der Waals surface area contributed by atoms with Gasteiger partial charge in [0.15, 0.2) is 5.78 Å². The maximum Gasteiger partial charge on any atom is 0.255 e. The molecule has 2 N–H and O–H groups in total. The van der Waals surface area contributed by atoms with Crippen LogP contribution in [0, 0.1) is 20.8 Å². The van der Waals surface area contributed by atoms with Gasteiger partial charge in [0.25, 0.3) is 5.91 Å². The summed E-state index contributed by atoms with van der Waals surface area (Å²) in [5, 5.41) is 6.14. The van der Waals surface area contributed by atoms with Crippen LogP contribution in [0.5, 0.6) is 0 Å². The molecule has 4 heteroatoms. The van der Waals surface area contributed by atoms with E-state index in [0.717, 1.165) is 28.1 Å². The molecule has 0 radical (unpaired) electrons. The molecule has 23 heavy (non-hydrogen) atoms. The van der Waals surface area contributed by atoms with Gasteiger partial charge in [-0.3, -0.25) is 9.59 Å². The fraction of sp³-hybridized carbons (Fsp3) is 0.263. The number of carbonyl (C=O) groups excluding carboxylic acids is 2. The molecule has 0 aliphatic rings. The lowest BCUT2D eigenvalue weighted by atomic mass is 10.0. The van der Waals surface area contributed by atoms with Crippen LogP contribution in [0.15, 0.2) is 30.3 Å². The summed E-state index contributed by atoms with van der Waals surface area (Å²) >= 11 is 0. The summed E-state index contributed by atoms with van der Waals surface area (Å²) in [7, 11) is 1.87. The lowest BCUT2D eigenvalue weighted by Crippen LogP contribution is -2.15. The van der Waals surface area contributed by atoms with Crippen LogP contribution < -0.4 is 10.6 Å². The standard InChI is InChI=1S/C19H22N2O2/c1-11-9-12(2)18(13(3)17(11)20-5)21-19(23)16-8-6-7-15(10-16)14(4)22/h6-10,20H,1-5H3,(H,21,23). The number of carbonyl (C=O) groups is 2. The molecule has 2 aromatic carbocycles. The molecule has 0 atom stereocenters. The van der Waals surface area contributed by atoms with Crippen LogP contribution >= 0.6 is 0 Å². The van der Waals surface area contributed by atoms with E-state index in [2.05, 4.69) is 10.6 Å². The fourth-order valence-electron chi connectivity index (χ4n) is 2.83. The second-order valence-corrected chi connectivity index (χ2v) is 5.73. The Hall–Kier alpha value is -2.62. The van der Waals surface area contributed by atoms with Crippen LogP contribution in [0.4, 0.5) is 11.4 Å². The van der Waals surface area contributed by atoms with Gasteiger partial charge in [0.1, 0.15) is 0 Å². The molecule has 2 rings (SSSR count). The average molecular weight is 310 g/mol. The summed E-state index contributed by atoms with van der Waals surface area (Å²) in [6, 6.07) is 8.80. The van der Waals surface area contributed by atoms with Gasteiger partial charge in [0.05, 0.1) is 0 Å². The Morgan fingerprint density at radius 1 is 0.913 bits per heavy atom. The van der Waals surface area contributed by atoms with Gasteiger partial charge in [0.2, 0.25) is 0 Å². The van der Waals surface area contributed by atoms with Gasteiger partial charge in [0, 0.05) is 29.5 Å². The summed E-state index contributed by atoms with van der Waals surface area (Å²) in [6.45, 7) is 7.48. The van der Waals surface area contributed by atoms with Crippen molar-refractivity contribution in [1.29, 1.82) is 0 Å². The number of rotatable bonds is 4. The average Bonchev–Trinajstić information content (AvgIpc) is 2.51. The third kappa shape index (κ3) is 3.42. The number of hydrogen-bond acceptors (Lipinski definition) is 3. The van der Waals surface area contributed by atoms with E-state index in [0.29, 0.717) is 11.1 Å². The molecule has 0 aromatic heterocycles. The highest BCUT2D eigenvalue weighted by Crippen LogP contribution is 2.30. The van der Waals surface area contributed by atoms with E-state index in [1.165, 1.54) is 6.92 Å². The monoisotopic (exact) mass is 310 g/mol. The van der Waals surface area contributed by atoms with Crippen molar-refractivity contribution in [2.45, 2.75) is 27.7 Å². The minimum Gasteiger partial charge on any atom is -0.388 e. The quantitative estimate of drug-likeness (QED) is 0.836. The highest BCUT2D eigenvalue weighted by Gasteiger charge is 2.14. The molecule has 0 aliphatic heterocycles. The zero-order valence-electron chi connectivity index (χ0n) is 14.2. The van der Waals surface area contributed by atoms with Crippen molar-refractivity contribution in [2.24, 2.45) is 0 Å². The Kier molecular flexibility index (Phi) is 4.84. The van der Waals surface area contributed by atoms with Crippen molar-refractivity contribution < 1.29 is 9.59 Å². The Morgan fingerprint density at radius 2 is 1.52 bits per heavy atom. The van der Waals surface area contributed by atoms with Crippen LogP contribution in [0.1, 0.15) is 44.3 Å². The fourth-order valence-corrected chi connectivity index (χ4v) is 2.83. The Bertz CT molecular complexity index is 779. The van der Waals surface area contributed by atoms with Gasteiger partial charge in [-0.05, 0) is 56.5 Å². The molecular formula is C19H22N2O2. The van der Waals surface area contributed by atoms with Crippen LogP contribution in [0.25, 0.3) is 0 Å². The van der Waals surface area contributed by atoms with E-state index in [-0.39, 0.29) is 11.7 Å². The van der Waals surface area contributed by atoms with Gasteiger partial charge in [-0.25, -0.2) is 0 Å². The zero-order chi connectivity index (χ0) is 17.1. The topological polar surface area (TPSA) is 58.2 Å². The van der Waals surface area contributed by atoms with Crippen LogP contribution in [0.2, 0.25) is 0 Å². The summed E-state index contributed by atoms with van der Waals surface area (Å²) in [6.07, 6.45) is 0. The van der Waals surface area contributed by atoms with Gasteiger partial charge in [-0.2, -0.15) is 0 Å². The lowest BCUT2D eigenvalue weighted by molar-refractivity contribution is 0.101. The molecule has 0 spiro atoms. The van der Waals surface area contributed by atoms with E-state index >= 15 is 0 Å². The molecular weight excluding hydrogens is 288 g/mol. The lowest BCUT2D eigenvalue weighted by Gasteiger charge is -2.18. The largest absolute Gasteiger partial charge is 0.388 e. The summed E-state index contributed by atoms with van der Waals surface area (Å²) in [5.74, 6) is -0.273. The second-order valence-electron chi connectivity index (χ2n) is 5.73. The highest BCUT2D eigenvalue weighted by atomic mass is 16.1. The number of hydrogen-bond donors (Lipinski definition) is 2. The van der Waals surface area contributed by atoms with Crippen LogP contribution in [-0.4, -0.2) is 18.7 Å². The molecule has 4 nitrogen and oxygen atoms in total. The molecule has 120 valence electrons. The van der Waals surface area contributed by atoms with Crippen molar-refractivity contribution in [1.82, 2.24) is 0 Å². The maximum atomic E-state index is 12.5. The zero-order valence-corrected chi connectivity index (χ0v) is 14.2. The molecule has 2 aromatic rings. The van der Waals surface area contributed by atoms with Crippen molar-refractivity contribution in [3.8, 4) is 0 Å². The predicted octanol–water partition coefficient (Wildman–Crippen LogP) is 4.11. The van der Waals surface area contributed by atoms with Gasteiger partial charge >= 0.3 is 0 Å². The van der Waals surface area contributed by atoms with Gasteiger partial charge in [-0.1, -0.05) is 18.2 Å². The van der Waals surface area contributed by atoms with Gasteiger partial charge in [-0.15, -0.1) is 0 Å². The summed E-state index contributed by atoms with van der Waals surface area (Å²) in [4.78, 5) is 24.0. The first-order valence-corrected chi connectivity index (χ1v) is 7.56. The smallest absolute Gasteiger partial charge is 0.255 e. The van der Waals surface area contributed by atoms with Gasteiger partial charge < -0.3 is 10.6 Å². The molecule has 0 heterocycles. The number of aryl methyl sites for hydroxylation is 2. The van der Waals surface area contributed by atoms with E-state index in [9.17, 15) is 9.59 Å². The van der Waals surface area contributed by atoms with Crippen molar-refractivity contribution >= 4 is 23.1 Å². The molecule has 0 saturated heterocycles. The van der Waals surface area contributed by atoms with Crippen LogP contribution in [-0.2, 0) is 0 Å². The number of benzene rings is 2. The van der Waals surface area contributed by atoms with E-state index in [4.69, 9.17) is 0 Å². The SMILES string of the molecule is CNc1c(C)cc(C)c(NC(=O)c2cccc(C(C)=O)c2)c1C. The number of Topliss-reactive ketones (excluding diaryl/α,β-unsaturated/α-hetero) is 1. The first-order valence-electron chi connectivity index (χ1n) is 7.56. The Labute approximate surface area is 136 Å². The first-order chi connectivity index (χ1) is 10.8. The van der Waals surface area contributed by atoms with Crippen LogP contribution in [0.3, 0.4) is 0 Å². The van der Waals surface area contributed by atoms with E-state index in [1.807, 2.05) is 33.9 Å². The molecule has 0 bridgehead atoms. The Balaban J connectivity index is 2.38. The highest BCUT2D eigenvalue weighted by molar-refractivity contribution is 6.07. The minimum absolute atomic E-state index is 0.0557. The number of nitrogens with one attached hydrogen (secondary N) is 2. The van der Waals surface area contributed by atoms with E-state index < -0.39 is 0 Å². The molecule has 1 amide bonds. The summed E-state index contributed by atoms with van der Waals surface area (Å²) < 4.78 is 0. The van der Waals surface area contributed by atoms with Crippen molar-refractivity contribution in [3.63, 3.8) is 0 Å². The third-order valence-electron chi connectivity index (χ3n) is 3.99. The summed E-state index contributed by atoms with van der Waals surface area (Å²) in [5.41, 5.74) is 5.98. The number of amides is 1.